The summed E-state index contributed by atoms with van der Waals surface area (Å²) in [6.07, 6.45) is 7.63. The van der Waals surface area contributed by atoms with Crippen LogP contribution in [0.15, 0.2) is 0 Å². The molecule has 82 valence electrons. The van der Waals surface area contributed by atoms with Gasteiger partial charge in [0.1, 0.15) is 0 Å². The van der Waals surface area contributed by atoms with E-state index in [9.17, 15) is 0 Å². The lowest BCUT2D eigenvalue weighted by Crippen LogP contribution is -2.24. The van der Waals surface area contributed by atoms with Gasteiger partial charge in [0.2, 0.25) is 0 Å². The van der Waals surface area contributed by atoms with Crippen molar-refractivity contribution in [3.63, 3.8) is 0 Å². The Bertz CT molecular complexity index is 175. The summed E-state index contributed by atoms with van der Waals surface area (Å²) in [5.74, 6) is 3.11. The second kappa shape index (κ2) is 8.94. The third kappa shape index (κ3) is 6.83. The van der Waals surface area contributed by atoms with Gasteiger partial charge in [-0.05, 0) is 13.3 Å². The molecule has 0 bridgehead atoms. The van der Waals surface area contributed by atoms with Crippen LogP contribution in [0.3, 0.4) is 0 Å². The highest BCUT2D eigenvalue weighted by Crippen LogP contribution is 2.08. The molecule has 0 fully saturated rings. The van der Waals surface area contributed by atoms with E-state index in [-0.39, 0.29) is 0 Å². The normalized spacial score (nSPS) is 11.7. The standard InChI is InChI=1S/C13H25N/c1-5-7-9-10-11-13(3)14(4)12-8-6-2/h13H,5-7,9-11H2,1-4H3. The van der Waals surface area contributed by atoms with Crippen LogP contribution in [0.1, 0.15) is 59.3 Å². The SMILES string of the molecule is CCC#CN(C)C(C)CCCCCC. The van der Waals surface area contributed by atoms with Gasteiger partial charge in [0.15, 0.2) is 0 Å². The van der Waals surface area contributed by atoms with Gasteiger partial charge in [-0.25, -0.2) is 0 Å². The van der Waals surface area contributed by atoms with Crippen LogP contribution in [0.2, 0.25) is 0 Å². The Morgan fingerprint density at radius 1 is 1.14 bits per heavy atom. The maximum absolute atomic E-state index is 3.16. The molecule has 1 nitrogen and oxygen atoms in total. The molecular formula is C13H25N. The predicted molar refractivity (Wildman–Crippen MR) is 64.1 cm³/mol. The van der Waals surface area contributed by atoms with Gasteiger partial charge in [-0.1, -0.05) is 45.5 Å². The second-order valence-electron chi connectivity index (χ2n) is 3.95. The molecule has 1 atom stereocenters. The molecule has 14 heavy (non-hydrogen) atoms. The number of hydrogen-bond acceptors (Lipinski definition) is 1. The highest BCUT2D eigenvalue weighted by molar-refractivity contribution is 4.97. The Labute approximate surface area is 89.9 Å². The van der Waals surface area contributed by atoms with Gasteiger partial charge >= 0.3 is 0 Å². The molecule has 1 unspecified atom stereocenters. The molecule has 0 spiro atoms. The van der Waals surface area contributed by atoms with Crippen molar-refractivity contribution >= 4 is 0 Å². The molecule has 0 aromatic carbocycles. The van der Waals surface area contributed by atoms with Gasteiger partial charge < -0.3 is 4.90 Å². The summed E-state index contributed by atoms with van der Waals surface area (Å²) >= 11 is 0. The Balaban J connectivity index is 3.56. The van der Waals surface area contributed by atoms with Gasteiger partial charge in [0, 0.05) is 25.6 Å². The van der Waals surface area contributed by atoms with Gasteiger partial charge in [0.05, 0.1) is 0 Å². The smallest absolute Gasteiger partial charge is 0.0339 e. The number of rotatable bonds is 6. The summed E-state index contributed by atoms with van der Waals surface area (Å²) in [7, 11) is 2.09. The molecule has 0 aliphatic heterocycles. The lowest BCUT2D eigenvalue weighted by atomic mass is 10.1. The van der Waals surface area contributed by atoms with Crippen molar-refractivity contribution in [3.8, 4) is 12.0 Å². The predicted octanol–water partition coefficient (Wildman–Crippen LogP) is 3.65. The molecule has 0 radical (unpaired) electrons. The van der Waals surface area contributed by atoms with E-state index >= 15 is 0 Å². The van der Waals surface area contributed by atoms with E-state index in [1.807, 2.05) is 0 Å². The molecule has 0 N–H and O–H groups in total. The van der Waals surface area contributed by atoms with Crippen LogP contribution in [0, 0.1) is 12.0 Å². The first-order chi connectivity index (χ1) is 6.72. The lowest BCUT2D eigenvalue weighted by Gasteiger charge is -2.20. The largest absolute Gasteiger partial charge is 0.333 e. The minimum atomic E-state index is 0.603. The van der Waals surface area contributed by atoms with Crippen LogP contribution in [0.5, 0.6) is 0 Å². The minimum absolute atomic E-state index is 0.603. The molecule has 0 rings (SSSR count). The van der Waals surface area contributed by atoms with Crippen LogP contribution >= 0.6 is 0 Å². The lowest BCUT2D eigenvalue weighted by molar-refractivity contribution is 0.341. The molecule has 0 amide bonds. The van der Waals surface area contributed by atoms with Gasteiger partial charge in [-0.15, -0.1) is 0 Å². The van der Waals surface area contributed by atoms with E-state index in [2.05, 4.69) is 44.7 Å². The van der Waals surface area contributed by atoms with Gasteiger partial charge in [-0.2, -0.15) is 0 Å². The first kappa shape index (κ1) is 13.4. The maximum atomic E-state index is 3.16. The fraction of sp³-hybridized carbons (Fsp3) is 0.846. The van der Waals surface area contributed by atoms with Crippen LogP contribution in [0.25, 0.3) is 0 Å². The van der Waals surface area contributed by atoms with Crippen LogP contribution in [0.4, 0.5) is 0 Å². The Morgan fingerprint density at radius 3 is 2.43 bits per heavy atom. The third-order valence-corrected chi connectivity index (χ3v) is 2.57. The Morgan fingerprint density at radius 2 is 1.86 bits per heavy atom. The van der Waals surface area contributed by atoms with Gasteiger partial charge in [-0.3, -0.25) is 0 Å². The quantitative estimate of drug-likeness (QED) is 0.355. The first-order valence-corrected chi connectivity index (χ1v) is 5.93. The monoisotopic (exact) mass is 195 g/mol. The van der Waals surface area contributed by atoms with E-state index in [4.69, 9.17) is 0 Å². The van der Waals surface area contributed by atoms with Crippen molar-refractivity contribution < 1.29 is 0 Å². The molecular weight excluding hydrogens is 170 g/mol. The Kier molecular flexibility index (Phi) is 8.53. The van der Waals surface area contributed by atoms with E-state index in [1.165, 1.54) is 32.1 Å². The summed E-state index contributed by atoms with van der Waals surface area (Å²) < 4.78 is 0. The molecule has 1 heteroatoms. The van der Waals surface area contributed by atoms with Crippen molar-refractivity contribution in [1.82, 2.24) is 4.90 Å². The summed E-state index contributed by atoms with van der Waals surface area (Å²) in [4.78, 5) is 2.15. The highest BCUT2D eigenvalue weighted by atomic mass is 15.1. The van der Waals surface area contributed by atoms with Crippen molar-refractivity contribution in [2.24, 2.45) is 0 Å². The summed E-state index contributed by atoms with van der Waals surface area (Å²) in [5, 5.41) is 0. The zero-order valence-corrected chi connectivity index (χ0v) is 10.3. The molecule has 0 saturated carbocycles. The van der Waals surface area contributed by atoms with Crippen LogP contribution in [-0.4, -0.2) is 18.0 Å². The zero-order valence-electron chi connectivity index (χ0n) is 10.3. The van der Waals surface area contributed by atoms with Crippen molar-refractivity contribution in [2.75, 3.05) is 7.05 Å². The topological polar surface area (TPSA) is 3.24 Å². The molecule has 0 aliphatic rings. The second-order valence-corrected chi connectivity index (χ2v) is 3.95. The Hall–Kier alpha value is -0.640. The fourth-order valence-corrected chi connectivity index (χ4v) is 1.37. The number of nitrogens with zero attached hydrogens (tertiary/aromatic N) is 1. The van der Waals surface area contributed by atoms with Crippen LogP contribution < -0.4 is 0 Å². The first-order valence-electron chi connectivity index (χ1n) is 5.93. The third-order valence-electron chi connectivity index (χ3n) is 2.57. The van der Waals surface area contributed by atoms with Crippen molar-refractivity contribution in [2.45, 2.75) is 65.3 Å². The van der Waals surface area contributed by atoms with E-state index in [0.29, 0.717) is 6.04 Å². The number of hydrogen-bond donors (Lipinski definition) is 0. The minimum Gasteiger partial charge on any atom is -0.333 e. The van der Waals surface area contributed by atoms with Gasteiger partial charge in [0.25, 0.3) is 0 Å². The molecule has 0 heterocycles. The van der Waals surface area contributed by atoms with Crippen LogP contribution in [-0.2, 0) is 0 Å². The average molecular weight is 195 g/mol. The number of unbranched alkanes of at least 4 members (excludes halogenated alkanes) is 3. The highest BCUT2D eigenvalue weighted by Gasteiger charge is 2.04. The van der Waals surface area contributed by atoms with E-state index in [0.717, 1.165) is 6.42 Å². The zero-order chi connectivity index (χ0) is 10.8. The summed E-state index contributed by atoms with van der Waals surface area (Å²) in [5.41, 5.74) is 0. The summed E-state index contributed by atoms with van der Waals surface area (Å²) in [6.45, 7) is 6.60. The summed E-state index contributed by atoms with van der Waals surface area (Å²) in [6, 6.07) is 3.76. The fourth-order valence-electron chi connectivity index (χ4n) is 1.37. The molecule has 0 aromatic heterocycles. The molecule has 0 aliphatic carbocycles. The van der Waals surface area contributed by atoms with E-state index in [1.54, 1.807) is 0 Å². The maximum Gasteiger partial charge on any atom is 0.0339 e. The molecule has 0 saturated heterocycles. The molecule has 0 aromatic rings. The van der Waals surface area contributed by atoms with Crippen molar-refractivity contribution in [1.29, 1.82) is 0 Å². The van der Waals surface area contributed by atoms with E-state index < -0.39 is 0 Å². The average Bonchev–Trinajstić information content (AvgIpc) is 2.20. The van der Waals surface area contributed by atoms with Crippen molar-refractivity contribution in [3.05, 3.63) is 0 Å².